The lowest BCUT2D eigenvalue weighted by Gasteiger charge is -2.43. The van der Waals surface area contributed by atoms with E-state index < -0.39 is 0 Å². The van der Waals surface area contributed by atoms with Gasteiger partial charge >= 0.3 is 0 Å². The van der Waals surface area contributed by atoms with Crippen LogP contribution >= 0.6 is 0 Å². The fourth-order valence-electron chi connectivity index (χ4n) is 5.68. The minimum Gasteiger partial charge on any atom is -0.370 e. The normalized spacial score (nSPS) is 44.2. The Morgan fingerprint density at radius 1 is 0.720 bits per heavy atom. The third-order valence-corrected chi connectivity index (χ3v) is 7.65. The Balaban J connectivity index is 1.34. The molecule has 4 fully saturated rings. The van der Waals surface area contributed by atoms with Crippen molar-refractivity contribution in [1.82, 2.24) is 0 Å². The van der Waals surface area contributed by atoms with Crippen LogP contribution < -0.4 is 0 Å². The smallest absolute Gasteiger partial charge is 0.0844 e. The van der Waals surface area contributed by atoms with Crippen LogP contribution in [-0.4, -0.2) is 35.6 Å². The van der Waals surface area contributed by atoms with Gasteiger partial charge in [0.15, 0.2) is 0 Å². The molecule has 3 heteroatoms. The van der Waals surface area contributed by atoms with E-state index in [-0.39, 0.29) is 11.2 Å². The molecule has 2 saturated carbocycles. The molecule has 0 radical (unpaired) electrons. The van der Waals surface area contributed by atoms with Gasteiger partial charge in [-0.15, -0.1) is 0 Å². The van der Waals surface area contributed by atoms with Gasteiger partial charge in [-0.05, 0) is 89.9 Å². The predicted octanol–water partition coefficient (Wildman–Crippen LogP) is 5.26. The van der Waals surface area contributed by atoms with Crippen molar-refractivity contribution in [2.75, 3.05) is 0 Å². The third-order valence-electron chi connectivity index (χ3n) is 7.65. The van der Waals surface area contributed by atoms with Crippen molar-refractivity contribution in [2.45, 2.75) is 128 Å². The molecule has 0 bridgehead atoms. The number of rotatable bonds is 8. The van der Waals surface area contributed by atoms with Crippen molar-refractivity contribution in [3.63, 3.8) is 0 Å². The summed E-state index contributed by atoms with van der Waals surface area (Å²) in [5.41, 5.74) is 0.00880. The average Bonchev–Trinajstić information content (AvgIpc) is 3.48. The molecule has 144 valence electrons. The van der Waals surface area contributed by atoms with Crippen LogP contribution in [0.2, 0.25) is 0 Å². The molecule has 0 aromatic heterocycles. The molecular weight excluding hydrogens is 312 g/mol. The molecule has 2 heterocycles. The van der Waals surface area contributed by atoms with Crippen LogP contribution in [0.4, 0.5) is 0 Å². The number of hydrogen-bond acceptors (Lipinski definition) is 3. The molecule has 0 N–H and O–H groups in total. The van der Waals surface area contributed by atoms with Crippen molar-refractivity contribution < 1.29 is 14.2 Å². The second-order valence-electron chi connectivity index (χ2n) is 9.90. The molecule has 2 aliphatic carbocycles. The van der Waals surface area contributed by atoms with Crippen LogP contribution in [0.25, 0.3) is 0 Å². The van der Waals surface area contributed by atoms with E-state index in [2.05, 4.69) is 27.7 Å². The maximum absolute atomic E-state index is 6.95. The number of ether oxygens (including phenoxy) is 3. The standard InChI is InChI=1S/C22H38O3/c1-5-21(3,13-15-7-9-17-19(11-15)23-17)25-22(4,6-2)14-16-8-10-18-20(12-16)24-18/h15-20H,5-14H2,1-4H3. The minimum absolute atomic E-state index is 0.00440. The zero-order chi connectivity index (χ0) is 17.7. The minimum atomic E-state index is 0.00440. The maximum atomic E-state index is 6.95. The lowest BCUT2D eigenvalue weighted by Crippen LogP contribution is -2.43. The Kier molecular flexibility index (Phi) is 4.96. The Morgan fingerprint density at radius 3 is 1.52 bits per heavy atom. The molecular formula is C22H38O3. The summed E-state index contributed by atoms with van der Waals surface area (Å²) in [6.07, 6.45) is 14.7. The summed E-state index contributed by atoms with van der Waals surface area (Å²) in [5.74, 6) is 1.57. The first-order valence-electron chi connectivity index (χ1n) is 10.9. The van der Waals surface area contributed by atoms with Gasteiger partial charge in [-0.3, -0.25) is 0 Å². The largest absolute Gasteiger partial charge is 0.370 e. The lowest BCUT2D eigenvalue weighted by molar-refractivity contribution is -0.163. The van der Waals surface area contributed by atoms with Crippen LogP contribution in [-0.2, 0) is 14.2 Å². The van der Waals surface area contributed by atoms with Crippen molar-refractivity contribution in [3.05, 3.63) is 0 Å². The Hall–Kier alpha value is -0.120. The summed E-state index contributed by atoms with van der Waals surface area (Å²) in [6.45, 7) is 9.33. The van der Waals surface area contributed by atoms with Gasteiger partial charge in [0.25, 0.3) is 0 Å². The first kappa shape index (κ1) is 18.3. The van der Waals surface area contributed by atoms with E-state index in [0.717, 1.165) is 24.7 Å². The van der Waals surface area contributed by atoms with Gasteiger partial charge in [0.1, 0.15) is 0 Å². The summed E-state index contributed by atoms with van der Waals surface area (Å²) >= 11 is 0. The van der Waals surface area contributed by atoms with Crippen molar-refractivity contribution in [1.29, 1.82) is 0 Å². The Bertz CT molecular complexity index is 438. The highest BCUT2D eigenvalue weighted by Crippen LogP contribution is 2.46. The molecule has 4 aliphatic rings. The van der Waals surface area contributed by atoms with E-state index in [1.54, 1.807) is 0 Å². The van der Waals surface area contributed by atoms with E-state index in [0.29, 0.717) is 24.4 Å². The number of fused-ring (bicyclic) bond motifs is 2. The Morgan fingerprint density at radius 2 is 1.16 bits per heavy atom. The van der Waals surface area contributed by atoms with E-state index in [9.17, 15) is 0 Å². The molecule has 0 aromatic carbocycles. The molecule has 0 amide bonds. The number of epoxide rings is 2. The molecule has 8 unspecified atom stereocenters. The van der Waals surface area contributed by atoms with E-state index >= 15 is 0 Å². The van der Waals surface area contributed by atoms with E-state index in [4.69, 9.17) is 14.2 Å². The fraction of sp³-hybridized carbons (Fsp3) is 1.00. The van der Waals surface area contributed by atoms with Crippen LogP contribution in [0.5, 0.6) is 0 Å². The SMILES string of the molecule is CCC(C)(CC1CCC2OC2C1)OC(C)(CC)CC1CCC2OC2C1. The van der Waals surface area contributed by atoms with Gasteiger partial charge in [0.2, 0.25) is 0 Å². The van der Waals surface area contributed by atoms with Crippen molar-refractivity contribution in [2.24, 2.45) is 11.8 Å². The summed E-state index contributed by atoms with van der Waals surface area (Å²) in [7, 11) is 0. The van der Waals surface area contributed by atoms with E-state index in [1.165, 1.54) is 51.4 Å². The second-order valence-corrected chi connectivity index (χ2v) is 9.90. The Labute approximate surface area is 154 Å². The van der Waals surface area contributed by atoms with Gasteiger partial charge in [-0.2, -0.15) is 0 Å². The molecule has 2 saturated heterocycles. The first-order valence-corrected chi connectivity index (χ1v) is 10.9. The lowest BCUT2D eigenvalue weighted by atomic mass is 9.78. The fourth-order valence-corrected chi connectivity index (χ4v) is 5.68. The molecule has 0 aromatic rings. The molecule has 3 nitrogen and oxygen atoms in total. The molecule has 25 heavy (non-hydrogen) atoms. The average molecular weight is 351 g/mol. The third kappa shape index (κ3) is 4.25. The van der Waals surface area contributed by atoms with Crippen molar-refractivity contribution >= 4 is 0 Å². The van der Waals surface area contributed by atoms with Crippen LogP contribution in [0, 0.1) is 11.8 Å². The molecule has 4 rings (SSSR count). The van der Waals surface area contributed by atoms with Crippen LogP contribution in [0.3, 0.4) is 0 Å². The van der Waals surface area contributed by atoms with Crippen LogP contribution in [0.15, 0.2) is 0 Å². The highest BCUT2D eigenvalue weighted by atomic mass is 16.6. The molecule has 0 spiro atoms. The summed E-state index contributed by atoms with van der Waals surface area (Å²) in [6, 6.07) is 0. The zero-order valence-corrected chi connectivity index (χ0v) is 16.8. The quantitative estimate of drug-likeness (QED) is 0.560. The number of hydrogen-bond donors (Lipinski definition) is 0. The van der Waals surface area contributed by atoms with Crippen molar-refractivity contribution in [3.8, 4) is 0 Å². The van der Waals surface area contributed by atoms with Crippen LogP contribution in [0.1, 0.15) is 91.9 Å². The predicted molar refractivity (Wildman–Crippen MR) is 99.7 cm³/mol. The van der Waals surface area contributed by atoms with Gasteiger partial charge in [0, 0.05) is 0 Å². The highest BCUT2D eigenvalue weighted by Gasteiger charge is 2.47. The first-order chi connectivity index (χ1) is 11.9. The second kappa shape index (κ2) is 6.80. The molecule has 8 atom stereocenters. The summed E-state index contributed by atoms with van der Waals surface area (Å²) in [4.78, 5) is 0. The highest BCUT2D eigenvalue weighted by molar-refractivity contribution is 4.96. The zero-order valence-electron chi connectivity index (χ0n) is 16.8. The van der Waals surface area contributed by atoms with E-state index in [1.807, 2.05) is 0 Å². The summed E-state index contributed by atoms with van der Waals surface area (Å²) < 4.78 is 18.4. The molecule has 2 aliphatic heterocycles. The van der Waals surface area contributed by atoms with Gasteiger partial charge in [0.05, 0.1) is 35.6 Å². The van der Waals surface area contributed by atoms with Gasteiger partial charge < -0.3 is 14.2 Å². The monoisotopic (exact) mass is 350 g/mol. The van der Waals surface area contributed by atoms with Gasteiger partial charge in [-0.25, -0.2) is 0 Å². The topological polar surface area (TPSA) is 34.3 Å². The maximum Gasteiger partial charge on any atom is 0.0844 e. The van der Waals surface area contributed by atoms with Gasteiger partial charge in [-0.1, -0.05) is 13.8 Å². The summed E-state index contributed by atoms with van der Waals surface area (Å²) in [5, 5.41) is 0.